The van der Waals surface area contributed by atoms with Gasteiger partial charge in [-0.3, -0.25) is 4.98 Å². The van der Waals surface area contributed by atoms with Gasteiger partial charge in [0.05, 0.1) is 11.4 Å². The molecule has 0 N–H and O–H groups in total. The Morgan fingerprint density at radius 3 is 2.41 bits per heavy atom. The van der Waals surface area contributed by atoms with E-state index < -0.39 is 0 Å². The summed E-state index contributed by atoms with van der Waals surface area (Å²) in [4.78, 5) is 27.2. The van der Waals surface area contributed by atoms with Crippen LogP contribution in [0.2, 0.25) is 0 Å². The van der Waals surface area contributed by atoms with Gasteiger partial charge in [-0.1, -0.05) is 17.8 Å². The molecule has 3 aromatic heterocycles. The quantitative estimate of drug-likeness (QED) is 0.506. The third kappa shape index (κ3) is 4.00. The zero-order valence-corrected chi connectivity index (χ0v) is 16.2. The minimum Gasteiger partial charge on any atom is -0.353 e. The fraction of sp³-hybridized carbons (Fsp3) is 0.316. The average Bonchev–Trinajstić information content (AvgIpc) is 2.74. The molecule has 0 saturated carbocycles. The fourth-order valence-electron chi connectivity index (χ4n) is 3.07. The number of rotatable bonds is 4. The molecular formula is C19H21N7S. The first-order valence-electron chi connectivity index (χ1n) is 8.87. The highest BCUT2D eigenvalue weighted by Gasteiger charge is 2.21. The monoisotopic (exact) mass is 379 g/mol. The van der Waals surface area contributed by atoms with Crippen molar-refractivity contribution in [3.8, 4) is 11.4 Å². The molecule has 0 unspecified atom stereocenters. The molecule has 1 aliphatic rings. The molecule has 0 aromatic carbocycles. The summed E-state index contributed by atoms with van der Waals surface area (Å²) < 4.78 is 0. The van der Waals surface area contributed by atoms with Crippen molar-refractivity contribution < 1.29 is 0 Å². The zero-order valence-electron chi connectivity index (χ0n) is 15.4. The standard InChI is InChI=1S/C19H21N7S/c1-14-13-17(24-19(22-14)27-2)25-9-11-26(12-10-25)18-21-8-6-16(23-18)15-5-3-4-7-20-15/h3-8,13H,9-12H2,1-2H3. The summed E-state index contributed by atoms with van der Waals surface area (Å²) >= 11 is 1.57. The van der Waals surface area contributed by atoms with Crippen LogP contribution in [0.5, 0.6) is 0 Å². The van der Waals surface area contributed by atoms with E-state index in [0.717, 1.165) is 60.2 Å². The van der Waals surface area contributed by atoms with E-state index in [4.69, 9.17) is 4.98 Å². The molecule has 7 nitrogen and oxygen atoms in total. The SMILES string of the molecule is CSc1nc(C)cc(N2CCN(c3nccc(-c4ccccn4)n3)CC2)n1. The molecule has 4 heterocycles. The first-order valence-corrected chi connectivity index (χ1v) is 10.1. The molecule has 1 aliphatic heterocycles. The van der Waals surface area contributed by atoms with E-state index in [1.165, 1.54) is 0 Å². The normalized spacial score (nSPS) is 14.4. The topological polar surface area (TPSA) is 70.9 Å². The van der Waals surface area contributed by atoms with Crippen LogP contribution in [0, 0.1) is 6.92 Å². The van der Waals surface area contributed by atoms with Crippen LogP contribution in [0.25, 0.3) is 11.4 Å². The summed E-state index contributed by atoms with van der Waals surface area (Å²) in [6.07, 6.45) is 5.59. The zero-order chi connectivity index (χ0) is 18.6. The van der Waals surface area contributed by atoms with Crippen molar-refractivity contribution in [1.82, 2.24) is 24.9 Å². The molecule has 0 radical (unpaired) electrons. The van der Waals surface area contributed by atoms with Crippen LogP contribution < -0.4 is 9.80 Å². The van der Waals surface area contributed by atoms with Gasteiger partial charge in [0.2, 0.25) is 5.95 Å². The van der Waals surface area contributed by atoms with E-state index in [0.29, 0.717) is 0 Å². The number of nitrogens with zero attached hydrogens (tertiary/aromatic N) is 7. The molecule has 27 heavy (non-hydrogen) atoms. The second kappa shape index (κ2) is 7.87. The van der Waals surface area contributed by atoms with Crippen molar-refractivity contribution in [1.29, 1.82) is 0 Å². The number of aromatic nitrogens is 5. The number of aryl methyl sites for hydroxylation is 1. The van der Waals surface area contributed by atoms with E-state index in [1.54, 1.807) is 24.2 Å². The van der Waals surface area contributed by atoms with Gasteiger partial charge in [0.1, 0.15) is 5.82 Å². The minimum absolute atomic E-state index is 0.751. The van der Waals surface area contributed by atoms with Gasteiger partial charge in [0.15, 0.2) is 5.16 Å². The summed E-state index contributed by atoms with van der Waals surface area (Å²) in [6, 6.07) is 9.78. The molecule has 0 spiro atoms. The summed E-state index contributed by atoms with van der Waals surface area (Å²) in [5.41, 5.74) is 2.71. The Hall–Kier alpha value is -2.74. The molecule has 0 atom stereocenters. The first kappa shape index (κ1) is 17.7. The van der Waals surface area contributed by atoms with Crippen molar-refractivity contribution in [3.63, 3.8) is 0 Å². The lowest BCUT2D eigenvalue weighted by Crippen LogP contribution is -2.47. The number of hydrogen-bond donors (Lipinski definition) is 0. The smallest absolute Gasteiger partial charge is 0.226 e. The van der Waals surface area contributed by atoms with Crippen molar-refractivity contribution in [2.45, 2.75) is 12.1 Å². The van der Waals surface area contributed by atoms with E-state index in [1.807, 2.05) is 43.5 Å². The van der Waals surface area contributed by atoms with Crippen molar-refractivity contribution >= 4 is 23.5 Å². The average molecular weight is 379 g/mol. The Morgan fingerprint density at radius 2 is 1.67 bits per heavy atom. The summed E-state index contributed by atoms with van der Waals surface area (Å²) in [5.74, 6) is 1.75. The molecule has 0 amide bonds. The van der Waals surface area contributed by atoms with Gasteiger partial charge in [-0.25, -0.2) is 19.9 Å². The van der Waals surface area contributed by atoms with Crippen LogP contribution >= 0.6 is 11.8 Å². The van der Waals surface area contributed by atoms with Crippen LogP contribution in [0.1, 0.15) is 5.69 Å². The third-order valence-electron chi connectivity index (χ3n) is 4.46. The minimum atomic E-state index is 0.751. The van der Waals surface area contributed by atoms with Gasteiger partial charge in [0, 0.05) is 50.3 Å². The van der Waals surface area contributed by atoms with Crippen molar-refractivity contribution in [2.24, 2.45) is 0 Å². The molecule has 138 valence electrons. The van der Waals surface area contributed by atoms with E-state index in [9.17, 15) is 0 Å². The van der Waals surface area contributed by atoms with E-state index in [-0.39, 0.29) is 0 Å². The summed E-state index contributed by atoms with van der Waals surface area (Å²) in [6.45, 7) is 5.47. The maximum Gasteiger partial charge on any atom is 0.226 e. The number of thioether (sulfide) groups is 1. The van der Waals surface area contributed by atoms with Crippen molar-refractivity contribution in [2.75, 3.05) is 42.2 Å². The van der Waals surface area contributed by atoms with Gasteiger partial charge >= 0.3 is 0 Å². The van der Waals surface area contributed by atoms with Crippen LogP contribution in [-0.2, 0) is 0 Å². The maximum atomic E-state index is 4.71. The Bertz CT molecular complexity index is 911. The highest BCUT2D eigenvalue weighted by molar-refractivity contribution is 7.98. The van der Waals surface area contributed by atoms with E-state index >= 15 is 0 Å². The van der Waals surface area contributed by atoms with Crippen LogP contribution in [0.3, 0.4) is 0 Å². The molecular weight excluding hydrogens is 358 g/mol. The highest BCUT2D eigenvalue weighted by Crippen LogP contribution is 2.21. The lowest BCUT2D eigenvalue weighted by Gasteiger charge is -2.35. The number of anilines is 2. The van der Waals surface area contributed by atoms with Crippen molar-refractivity contribution in [3.05, 3.63) is 48.4 Å². The second-order valence-corrected chi connectivity index (χ2v) is 7.06. The van der Waals surface area contributed by atoms with Gasteiger partial charge < -0.3 is 9.80 Å². The maximum absolute atomic E-state index is 4.71. The Balaban J connectivity index is 1.48. The summed E-state index contributed by atoms with van der Waals surface area (Å²) in [7, 11) is 0. The van der Waals surface area contributed by atoms with Crippen LogP contribution in [0.4, 0.5) is 11.8 Å². The van der Waals surface area contributed by atoms with Crippen LogP contribution in [0.15, 0.2) is 47.9 Å². The number of piperazine rings is 1. The third-order valence-corrected chi connectivity index (χ3v) is 5.01. The molecule has 1 fully saturated rings. The summed E-state index contributed by atoms with van der Waals surface area (Å²) in [5, 5.41) is 0.818. The second-order valence-electron chi connectivity index (χ2n) is 6.29. The number of pyridine rings is 1. The molecule has 8 heteroatoms. The molecule has 4 rings (SSSR count). The van der Waals surface area contributed by atoms with Gasteiger partial charge in [-0.15, -0.1) is 0 Å². The Morgan fingerprint density at radius 1 is 0.852 bits per heavy atom. The van der Waals surface area contributed by atoms with Gasteiger partial charge in [-0.2, -0.15) is 0 Å². The lowest BCUT2D eigenvalue weighted by molar-refractivity contribution is 0.630. The molecule has 1 saturated heterocycles. The largest absolute Gasteiger partial charge is 0.353 e. The first-order chi connectivity index (χ1) is 13.2. The Kier molecular flexibility index (Phi) is 5.15. The lowest BCUT2D eigenvalue weighted by atomic mass is 10.2. The highest BCUT2D eigenvalue weighted by atomic mass is 32.2. The fourth-order valence-corrected chi connectivity index (χ4v) is 3.49. The molecule has 0 bridgehead atoms. The molecule has 3 aromatic rings. The van der Waals surface area contributed by atoms with Gasteiger partial charge in [-0.05, 0) is 31.4 Å². The predicted molar refractivity (Wildman–Crippen MR) is 108 cm³/mol. The van der Waals surface area contributed by atoms with Crippen LogP contribution in [-0.4, -0.2) is 57.4 Å². The number of hydrogen-bond acceptors (Lipinski definition) is 8. The Labute approximate surface area is 162 Å². The molecule has 0 aliphatic carbocycles. The van der Waals surface area contributed by atoms with E-state index in [2.05, 4.69) is 29.7 Å². The predicted octanol–water partition coefficient (Wildman–Crippen LogP) is 2.69. The van der Waals surface area contributed by atoms with Gasteiger partial charge in [0.25, 0.3) is 0 Å².